The lowest BCUT2D eigenvalue weighted by molar-refractivity contribution is -0.119. The van der Waals surface area contributed by atoms with E-state index in [9.17, 15) is 4.79 Å². The molecule has 1 saturated heterocycles. The molecule has 0 radical (unpaired) electrons. The standard InChI is InChI=1S/C8H13NO/c1-2-6-5-8(6)4-3-7(10)9-8/h6H,2-5H2,1H3,(H,9,10)/t6-,8-/m0/s1. The molecule has 2 nitrogen and oxygen atoms in total. The fraction of sp³-hybridized carbons (Fsp3) is 0.875. The fourth-order valence-electron chi connectivity index (χ4n) is 2.11. The minimum absolute atomic E-state index is 0.260. The van der Waals surface area contributed by atoms with Gasteiger partial charge < -0.3 is 5.32 Å². The molecule has 1 spiro atoms. The third-order valence-corrected chi connectivity index (χ3v) is 2.91. The third kappa shape index (κ3) is 0.678. The van der Waals surface area contributed by atoms with Gasteiger partial charge in [0.15, 0.2) is 0 Å². The Bertz CT molecular complexity index is 178. The number of carbonyl (C=O) groups excluding carboxylic acids is 1. The number of rotatable bonds is 1. The van der Waals surface area contributed by atoms with E-state index in [0.717, 1.165) is 18.8 Å². The Hall–Kier alpha value is -0.530. The summed E-state index contributed by atoms with van der Waals surface area (Å²) in [6.45, 7) is 2.20. The molecule has 1 heterocycles. The van der Waals surface area contributed by atoms with Crippen LogP contribution in [0.1, 0.15) is 32.6 Å². The molecule has 2 aliphatic rings. The first-order valence-electron chi connectivity index (χ1n) is 4.08. The van der Waals surface area contributed by atoms with Gasteiger partial charge in [-0.25, -0.2) is 0 Å². The maximum atomic E-state index is 10.8. The molecule has 1 N–H and O–H groups in total. The Morgan fingerprint density at radius 3 is 3.00 bits per heavy atom. The average molecular weight is 139 g/mol. The lowest BCUT2D eigenvalue weighted by Crippen LogP contribution is -2.28. The van der Waals surface area contributed by atoms with Crippen LogP contribution in [-0.2, 0) is 4.79 Å². The molecule has 2 rings (SSSR count). The second-order valence-electron chi connectivity index (χ2n) is 3.51. The van der Waals surface area contributed by atoms with E-state index < -0.39 is 0 Å². The van der Waals surface area contributed by atoms with Gasteiger partial charge in [0.05, 0.1) is 0 Å². The van der Waals surface area contributed by atoms with Crippen molar-refractivity contribution < 1.29 is 4.79 Å². The lowest BCUT2D eigenvalue weighted by atomic mass is 10.1. The van der Waals surface area contributed by atoms with Crippen LogP contribution in [0.5, 0.6) is 0 Å². The van der Waals surface area contributed by atoms with E-state index in [0.29, 0.717) is 0 Å². The SMILES string of the molecule is CC[C@H]1C[C@@]12CCC(=O)N2. The number of carbonyl (C=O) groups is 1. The summed E-state index contributed by atoms with van der Waals surface area (Å²) in [5, 5.41) is 3.07. The maximum absolute atomic E-state index is 10.8. The Morgan fingerprint density at radius 2 is 2.60 bits per heavy atom. The topological polar surface area (TPSA) is 29.1 Å². The summed E-state index contributed by atoms with van der Waals surface area (Å²) in [5.41, 5.74) is 0.284. The van der Waals surface area contributed by atoms with Gasteiger partial charge in [-0.2, -0.15) is 0 Å². The van der Waals surface area contributed by atoms with Crippen molar-refractivity contribution in [2.75, 3.05) is 0 Å². The van der Waals surface area contributed by atoms with Crippen molar-refractivity contribution in [1.82, 2.24) is 5.32 Å². The highest BCUT2D eigenvalue weighted by atomic mass is 16.2. The molecule has 1 amide bonds. The zero-order chi connectivity index (χ0) is 7.19. The highest BCUT2D eigenvalue weighted by Gasteiger charge is 2.56. The fourth-order valence-corrected chi connectivity index (χ4v) is 2.11. The van der Waals surface area contributed by atoms with Crippen molar-refractivity contribution >= 4 is 5.91 Å². The first-order chi connectivity index (χ1) is 4.77. The smallest absolute Gasteiger partial charge is 0.220 e. The number of amides is 1. The van der Waals surface area contributed by atoms with E-state index in [1.807, 2.05) is 0 Å². The molecule has 0 aromatic heterocycles. The van der Waals surface area contributed by atoms with Crippen LogP contribution < -0.4 is 5.32 Å². The van der Waals surface area contributed by atoms with E-state index in [4.69, 9.17) is 0 Å². The minimum Gasteiger partial charge on any atom is -0.350 e. The van der Waals surface area contributed by atoms with Crippen LogP contribution in [0.2, 0.25) is 0 Å². The van der Waals surface area contributed by atoms with Crippen LogP contribution in [-0.4, -0.2) is 11.4 Å². The predicted molar refractivity (Wildman–Crippen MR) is 38.5 cm³/mol. The molecule has 1 aliphatic heterocycles. The molecule has 2 atom stereocenters. The Morgan fingerprint density at radius 1 is 1.80 bits per heavy atom. The summed E-state index contributed by atoms with van der Waals surface area (Å²) >= 11 is 0. The number of hydrogen-bond donors (Lipinski definition) is 1. The van der Waals surface area contributed by atoms with Gasteiger partial charge in [0.1, 0.15) is 0 Å². The van der Waals surface area contributed by atoms with E-state index >= 15 is 0 Å². The maximum Gasteiger partial charge on any atom is 0.220 e. The summed E-state index contributed by atoms with van der Waals surface area (Å²) in [4.78, 5) is 10.8. The average Bonchev–Trinajstić information content (AvgIpc) is 2.46. The molecule has 1 aliphatic carbocycles. The molecule has 0 bridgehead atoms. The van der Waals surface area contributed by atoms with Crippen LogP contribution in [0.15, 0.2) is 0 Å². The van der Waals surface area contributed by atoms with Crippen molar-refractivity contribution in [3.63, 3.8) is 0 Å². The Labute approximate surface area is 61.0 Å². The molecule has 0 aromatic rings. The van der Waals surface area contributed by atoms with Gasteiger partial charge in [-0.05, 0) is 18.8 Å². The van der Waals surface area contributed by atoms with Crippen molar-refractivity contribution in [3.05, 3.63) is 0 Å². The van der Waals surface area contributed by atoms with E-state index in [-0.39, 0.29) is 11.4 Å². The van der Waals surface area contributed by atoms with Crippen LogP contribution in [0.25, 0.3) is 0 Å². The van der Waals surface area contributed by atoms with Crippen molar-refractivity contribution in [2.45, 2.75) is 38.1 Å². The van der Waals surface area contributed by atoms with Crippen LogP contribution in [0.4, 0.5) is 0 Å². The zero-order valence-corrected chi connectivity index (χ0v) is 6.31. The van der Waals surface area contributed by atoms with Crippen LogP contribution in [0.3, 0.4) is 0 Å². The van der Waals surface area contributed by atoms with E-state index in [1.54, 1.807) is 0 Å². The molecule has 2 heteroatoms. The molecule has 0 aromatic carbocycles. The third-order valence-electron chi connectivity index (χ3n) is 2.91. The predicted octanol–water partition coefficient (Wildman–Crippen LogP) is 1.07. The summed E-state index contributed by atoms with van der Waals surface area (Å²) in [6.07, 6.45) is 4.30. The van der Waals surface area contributed by atoms with Gasteiger partial charge in [0.2, 0.25) is 5.91 Å². The molecular formula is C8H13NO. The first kappa shape index (κ1) is 6.20. The summed E-state index contributed by atoms with van der Waals surface area (Å²) in [5.74, 6) is 1.05. The Kier molecular flexibility index (Phi) is 1.08. The van der Waals surface area contributed by atoms with Gasteiger partial charge in [0, 0.05) is 12.0 Å². The molecule has 1 saturated carbocycles. The molecule has 2 fully saturated rings. The highest BCUT2D eigenvalue weighted by molar-refractivity contribution is 5.80. The second-order valence-corrected chi connectivity index (χ2v) is 3.51. The molecule has 0 unspecified atom stereocenters. The summed E-state index contributed by atoms with van der Waals surface area (Å²) in [6, 6.07) is 0. The quantitative estimate of drug-likeness (QED) is 0.578. The molecule has 10 heavy (non-hydrogen) atoms. The normalized spacial score (nSPS) is 44.1. The monoisotopic (exact) mass is 139 g/mol. The van der Waals surface area contributed by atoms with Gasteiger partial charge in [-0.15, -0.1) is 0 Å². The zero-order valence-electron chi connectivity index (χ0n) is 6.31. The van der Waals surface area contributed by atoms with Crippen molar-refractivity contribution in [3.8, 4) is 0 Å². The summed E-state index contributed by atoms with van der Waals surface area (Å²) < 4.78 is 0. The molecular weight excluding hydrogens is 126 g/mol. The van der Waals surface area contributed by atoms with E-state index in [1.165, 1.54) is 12.8 Å². The van der Waals surface area contributed by atoms with E-state index in [2.05, 4.69) is 12.2 Å². The van der Waals surface area contributed by atoms with Gasteiger partial charge >= 0.3 is 0 Å². The second kappa shape index (κ2) is 1.74. The van der Waals surface area contributed by atoms with Crippen molar-refractivity contribution in [2.24, 2.45) is 5.92 Å². The van der Waals surface area contributed by atoms with Gasteiger partial charge in [-0.1, -0.05) is 13.3 Å². The number of nitrogens with one attached hydrogen (secondary N) is 1. The Balaban J connectivity index is 2.02. The van der Waals surface area contributed by atoms with Crippen LogP contribution in [0, 0.1) is 5.92 Å². The molecule has 56 valence electrons. The van der Waals surface area contributed by atoms with Gasteiger partial charge in [-0.3, -0.25) is 4.79 Å². The minimum atomic E-state index is 0.260. The first-order valence-corrected chi connectivity index (χ1v) is 4.08. The largest absolute Gasteiger partial charge is 0.350 e. The summed E-state index contributed by atoms with van der Waals surface area (Å²) in [7, 11) is 0. The number of hydrogen-bond acceptors (Lipinski definition) is 1. The highest BCUT2D eigenvalue weighted by Crippen LogP contribution is 2.51. The van der Waals surface area contributed by atoms with Gasteiger partial charge in [0.25, 0.3) is 0 Å². The lowest BCUT2D eigenvalue weighted by Gasteiger charge is -2.06. The van der Waals surface area contributed by atoms with Crippen LogP contribution >= 0.6 is 0 Å². The van der Waals surface area contributed by atoms with Crippen molar-refractivity contribution in [1.29, 1.82) is 0 Å².